The van der Waals surface area contributed by atoms with E-state index in [2.05, 4.69) is 4.98 Å². The third-order valence-electron chi connectivity index (χ3n) is 1.75. The van der Waals surface area contributed by atoms with Crippen molar-refractivity contribution in [3.8, 4) is 0 Å². The lowest BCUT2D eigenvalue weighted by molar-refractivity contribution is 0.629. The van der Waals surface area contributed by atoms with E-state index < -0.39 is 0 Å². The minimum Gasteiger partial charge on any atom is -0.397 e. The lowest BCUT2D eigenvalue weighted by Gasteiger charge is -1.99. The highest BCUT2D eigenvalue weighted by Crippen LogP contribution is 2.19. The third-order valence-corrected chi connectivity index (χ3v) is 1.75. The van der Waals surface area contributed by atoms with E-state index in [0.29, 0.717) is 5.69 Å². The topological polar surface area (TPSA) is 38.9 Å². The van der Waals surface area contributed by atoms with Crippen molar-refractivity contribution < 1.29 is 4.39 Å². The summed E-state index contributed by atoms with van der Waals surface area (Å²) in [6, 6.07) is 4.46. The van der Waals surface area contributed by atoms with Crippen molar-refractivity contribution >= 4 is 16.5 Å². The second-order valence-electron chi connectivity index (χ2n) is 2.59. The standard InChI is InChI=1S/C9H7FN2/c10-7-1-2-8-6(3-7)4-12-5-9(8)11/h1-5H,11H2. The Morgan fingerprint density at radius 3 is 2.92 bits per heavy atom. The molecule has 0 unspecified atom stereocenters. The summed E-state index contributed by atoms with van der Waals surface area (Å²) in [6.07, 6.45) is 3.15. The average Bonchev–Trinajstić information content (AvgIpc) is 2.04. The summed E-state index contributed by atoms with van der Waals surface area (Å²) in [6.45, 7) is 0. The largest absolute Gasteiger partial charge is 0.397 e. The van der Waals surface area contributed by atoms with Crippen LogP contribution in [0.15, 0.2) is 30.6 Å². The maximum atomic E-state index is 12.7. The Kier molecular flexibility index (Phi) is 1.43. The first-order chi connectivity index (χ1) is 5.77. The fraction of sp³-hybridized carbons (Fsp3) is 0. The normalized spacial score (nSPS) is 10.4. The quantitative estimate of drug-likeness (QED) is 0.643. The Bertz CT molecular complexity index is 426. The molecule has 1 aromatic carbocycles. The minimum absolute atomic E-state index is 0.269. The number of halogens is 1. The fourth-order valence-electron chi connectivity index (χ4n) is 1.17. The molecule has 12 heavy (non-hydrogen) atoms. The average molecular weight is 162 g/mol. The van der Waals surface area contributed by atoms with Crippen molar-refractivity contribution in [1.82, 2.24) is 4.98 Å². The Labute approximate surface area is 68.8 Å². The number of anilines is 1. The lowest BCUT2D eigenvalue weighted by atomic mass is 10.1. The van der Waals surface area contributed by atoms with E-state index in [9.17, 15) is 4.39 Å². The minimum atomic E-state index is -0.269. The van der Waals surface area contributed by atoms with Gasteiger partial charge in [0.1, 0.15) is 5.82 Å². The molecule has 0 saturated heterocycles. The number of nitrogens with zero attached hydrogens (tertiary/aromatic N) is 1. The molecule has 2 N–H and O–H groups in total. The first kappa shape index (κ1) is 7.03. The zero-order valence-electron chi connectivity index (χ0n) is 6.29. The molecule has 0 aliphatic rings. The van der Waals surface area contributed by atoms with Gasteiger partial charge in [0.15, 0.2) is 0 Å². The molecular weight excluding hydrogens is 155 g/mol. The van der Waals surface area contributed by atoms with E-state index in [1.807, 2.05) is 0 Å². The van der Waals surface area contributed by atoms with Crippen LogP contribution in [-0.2, 0) is 0 Å². The van der Waals surface area contributed by atoms with Gasteiger partial charge in [0.25, 0.3) is 0 Å². The SMILES string of the molecule is Nc1cncc2cc(F)ccc12. The number of benzene rings is 1. The molecule has 2 aromatic rings. The number of aromatic nitrogens is 1. The summed E-state index contributed by atoms with van der Waals surface area (Å²) in [5.74, 6) is -0.269. The van der Waals surface area contributed by atoms with Gasteiger partial charge in [-0.25, -0.2) is 4.39 Å². The van der Waals surface area contributed by atoms with Crippen LogP contribution < -0.4 is 5.73 Å². The van der Waals surface area contributed by atoms with Crippen LogP contribution in [0.5, 0.6) is 0 Å². The summed E-state index contributed by atoms with van der Waals surface area (Å²) in [5.41, 5.74) is 6.20. The van der Waals surface area contributed by atoms with Crippen LogP contribution in [0.1, 0.15) is 0 Å². The van der Waals surface area contributed by atoms with Crippen molar-refractivity contribution in [3.05, 3.63) is 36.4 Å². The predicted octanol–water partition coefficient (Wildman–Crippen LogP) is 1.96. The van der Waals surface area contributed by atoms with Gasteiger partial charge >= 0.3 is 0 Å². The highest BCUT2D eigenvalue weighted by Gasteiger charge is 1.98. The van der Waals surface area contributed by atoms with Crippen LogP contribution in [0.25, 0.3) is 10.8 Å². The molecule has 1 heterocycles. The summed E-state index contributed by atoms with van der Waals surface area (Å²) in [5, 5.41) is 1.57. The highest BCUT2D eigenvalue weighted by atomic mass is 19.1. The molecule has 0 amide bonds. The van der Waals surface area contributed by atoms with E-state index in [1.165, 1.54) is 12.1 Å². The maximum Gasteiger partial charge on any atom is 0.123 e. The molecule has 1 aromatic heterocycles. The van der Waals surface area contributed by atoms with E-state index in [4.69, 9.17) is 5.73 Å². The predicted molar refractivity (Wildman–Crippen MR) is 46.1 cm³/mol. The van der Waals surface area contributed by atoms with E-state index in [0.717, 1.165) is 10.8 Å². The van der Waals surface area contributed by atoms with Crippen LogP contribution >= 0.6 is 0 Å². The molecule has 2 rings (SSSR count). The molecule has 0 saturated carbocycles. The number of fused-ring (bicyclic) bond motifs is 1. The molecule has 0 radical (unpaired) electrons. The molecular formula is C9H7FN2. The molecule has 0 spiro atoms. The van der Waals surface area contributed by atoms with Gasteiger partial charge in [-0.1, -0.05) is 0 Å². The molecule has 0 aliphatic heterocycles. The zero-order chi connectivity index (χ0) is 8.55. The molecule has 0 aliphatic carbocycles. The summed E-state index contributed by atoms with van der Waals surface area (Å²) in [7, 11) is 0. The Morgan fingerprint density at radius 1 is 1.25 bits per heavy atom. The number of rotatable bonds is 0. The fourth-order valence-corrected chi connectivity index (χ4v) is 1.17. The number of pyridine rings is 1. The summed E-state index contributed by atoms with van der Waals surface area (Å²) in [4.78, 5) is 3.86. The van der Waals surface area contributed by atoms with Crippen LogP contribution in [0.3, 0.4) is 0 Å². The van der Waals surface area contributed by atoms with Crippen molar-refractivity contribution in [2.45, 2.75) is 0 Å². The monoisotopic (exact) mass is 162 g/mol. The first-order valence-electron chi connectivity index (χ1n) is 3.56. The van der Waals surface area contributed by atoms with Gasteiger partial charge in [-0.3, -0.25) is 4.98 Å². The first-order valence-corrected chi connectivity index (χ1v) is 3.56. The van der Waals surface area contributed by atoms with Crippen LogP contribution in [0, 0.1) is 5.82 Å². The second-order valence-corrected chi connectivity index (χ2v) is 2.59. The van der Waals surface area contributed by atoms with Crippen LogP contribution in [-0.4, -0.2) is 4.98 Å². The van der Waals surface area contributed by atoms with E-state index in [1.54, 1.807) is 18.5 Å². The highest BCUT2D eigenvalue weighted by molar-refractivity contribution is 5.91. The summed E-state index contributed by atoms with van der Waals surface area (Å²) < 4.78 is 12.7. The van der Waals surface area contributed by atoms with Crippen LogP contribution in [0.2, 0.25) is 0 Å². The van der Waals surface area contributed by atoms with Crippen molar-refractivity contribution in [2.75, 3.05) is 5.73 Å². The number of hydrogen-bond donors (Lipinski definition) is 1. The molecule has 3 heteroatoms. The van der Waals surface area contributed by atoms with Gasteiger partial charge in [-0.05, 0) is 18.2 Å². The third kappa shape index (κ3) is 0.993. The number of nitrogens with two attached hydrogens (primary N) is 1. The van der Waals surface area contributed by atoms with Gasteiger partial charge in [-0.15, -0.1) is 0 Å². The van der Waals surface area contributed by atoms with E-state index in [-0.39, 0.29) is 5.82 Å². The van der Waals surface area contributed by atoms with Crippen molar-refractivity contribution in [1.29, 1.82) is 0 Å². The zero-order valence-corrected chi connectivity index (χ0v) is 6.29. The molecule has 0 atom stereocenters. The molecule has 0 fully saturated rings. The summed E-state index contributed by atoms with van der Waals surface area (Å²) >= 11 is 0. The van der Waals surface area contributed by atoms with Gasteiger partial charge in [0.2, 0.25) is 0 Å². The Balaban J connectivity index is 2.86. The van der Waals surface area contributed by atoms with Gasteiger partial charge in [0.05, 0.1) is 11.9 Å². The van der Waals surface area contributed by atoms with Gasteiger partial charge < -0.3 is 5.73 Å². The van der Waals surface area contributed by atoms with Gasteiger partial charge in [0, 0.05) is 17.0 Å². The smallest absolute Gasteiger partial charge is 0.123 e. The van der Waals surface area contributed by atoms with Crippen LogP contribution in [0.4, 0.5) is 10.1 Å². The van der Waals surface area contributed by atoms with E-state index >= 15 is 0 Å². The Morgan fingerprint density at radius 2 is 2.08 bits per heavy atom. The number of hydrogen-bond acceptors (Lipinski definition) is 2. The Hall–Kier alpha value is -1.64. The lowest BCUT2D eigenvalue weighted by Crippen LogP contribution is -1.88. The van der Waals surface area contributed by atoms with Crippen molar-refractivity contribution in [3.63, 3.8) is 0 Å². The number of nitrogen functional groups attached to an aromatic ring is 1. The van der Waals surface area contributed by atoms with Gasteiger partial charge in [-0.2, -0.15) is 0 Å². The molecule has 0 bridgehead atoms. The van der Waals surface area contributed by atoms with Crippen molar-refractivity contribution in [2.24, 2.45) is 0 Å². The molecule has 2 nitrogen and oxygen atoms in total. The molecule has 60 valence electrons. The maximum absolute atomic E-state index is 12.7. The second kappa shape index (κ2) is 2.44.